The zero-order valence-corrected chi connectivity index (χ0v) is 14.0. The first-order valence-electron chi connectivity index (χ1n) is 9.07. The molecule has 148 valence electrons. The summed E-state index contributed by atoms with van der Waals surface area (Å²) in [4.78, 5) is 12.4. The maximum Gasteiger partial charge on any atom is 0.449 e. The van der Waals surface area contributed by atoms with Crippen molar-refractivity contribution in [2.45, 2.75) is 62.5 Å². The first-order valence-corrected chi connectivity index (χ1v) is 9.07. The van der Waals surface area contributed by atoms with E-state index in [0.29, 0.717) is 24.2 Å². The van der Waals surface area contributed by atoms with Gasteiger partial charge in [0.05, 0.1) is 12.5 Å². The number of rotatable bonds is 2. The van der Waals surface area contributed by atoms with Crippen molar-refractivity contribution >= 4 is 5.97 Å². The molecule has 0 spiro atoms. The van der Waals surface area contributed by atoms with Crippen molar-refractivity contribution in [3.05, 3.63) is 0 Å². The molecule has 0 amide bonds. The average Bonchev–Trinajstić information content (AvgIpc) is 3.22. The lowest BCUT2D eigenvalue weighted by Gasteiger charge is -2.38. The van der Waals surface area contributed by atoms with Crippen LogP contribution in [0, 0.1) is 29.6 Å². The minimum Gasteiger partial charge on any atom is -0.453 e. The quantitative estimate of drug-likeness (QED) is 0.587. The molecule has 3 saturated carbocycles. The molecule has 2 bridgehead atoms. The Morgan fingerprint density at radius 3 is 2.35 bits per heavy atom. The molecule has 4 aliphatic rings. The summed E-state index contributed by atoms with van der Waals surface area (Å²) in [6, 6.07) is 0. The van der Waals surface area contributed by atoms with E-state index in [0.717, 1.165) is 25.7 Å². The standard InChI is InChI=1S/C17H21F5O4/c18-15(19)13(7-25-16(15,24)17(20,21)22)26-14(23)12-6-8-5-11(12)10-4-2-1-3-9(8)10/h8-13,24H,1-7H2. The summed E-state index contributed by atoms with van der Waals surface area (Å²) >= 11 is 0. The van der Waals surface area contributed by atoms with E-state index >= 15 is 0 Å². The molecule has 7 atom stereocenters. The summed E-state index contributed by atoms with van der Waals surface area (Å²) in [5.41, 5.74) is 0. The normalized spacial score (nSPS) is 47.0. The van der Waals surface area contributed by atoms with E-state index in [1.165, 1.54) is 6.42 Å². The van der Waals surface area contributed by atoms with E-state index in [-0.39, 0.29) is 5.92 Å². The Morgan fingerprint density at radius 1 is 1.08 bits per heavy atom. The van der Waals surface area contributed by atoms with Crippen molar-refractivity contribution in [3.8, 4) is 0 Å². The third-order valence-electron chi connectivity index (χ3n) is 6.92. The molecule has 4 nitrogen and oxygen atoms in total. The van der Waals surface area contributed by atoms with E-state index < -0.39 is 42.5 Å². The molecule has 0 aromatic heterocycles. The van der Waals surface area contributed by atoms with Gasteiger partial charge in [-0.25, -0.2) is 0 Å². The Kier molecular flexibility index (Phi) is 4.08. The van der Waals surface area contributed by atoms with Crippen molar-refractivity contribution in [2.24, 2.45) is 29.6 Å². The lowest BCUT2D eigenvalue weighted by molar-refractivity contribution is -0.405. The molecule has 1 N–H and O–H groups in total. The highest BCUT2D eigenvalue weighted by Crippen LogP contribution is 2.60. The van der Waals surface area contributed by atoms with E-state index in [2.05, 4.69) is 4.74 Å². The van der Waals surface area contributed by atoms with Gasteiger partial charge in [0.2, 0.25) is 0 Å². The fourth-order valence-corrected chi connectivity index (χ4v) is 5.73. The van der Waals surface area contributed by atoms with Crippen molar-refractivity contribution in [1.29, 1.82) is 0 Å². The second kappa shape index (κ2) is 5.77. The maximum atomic E-state index is 14.1. The van der Waals surface area contributed by atoms with Crippen LogP contribution in [0.5, 0.6) is 0 Å². The van der Waals surface area contributed by atoms with Crippen LogP contribution >= 0.6 is 0 Å². The SMILES string of the molecule is O=C(OC1COC(O)(C(F)(F)F)C1(F)F)C1CC2CC1C1CCCCC21. The summed E-state index contributed by atoms with van der Waals surface area (Å²) in [5.74, 6) is -9.43. The van der Waals surface area contributed by atoms with E-state index in [4.69, 9.17) is 4.74 Å². The van der Waals surface area contributed by atoms with Gasteiger partial charge in [-0.15, -0.1) is 0 Å². The van der Waals surface area contributed by atoms with Gasteiger partial charge in [-0.05, 0) is 49.4 Å². The summed E-state index contributed by atoms with van der Waals surface area (Å²) < 4.78 is 75.2. The first-order chi connectivity index (χ1) is 12.1. The summed E-state index contributed by atoms with van der Waals surface area (Å²) in [6.45, 7) is -1.19. The van der Waals surface area contributed by atoms with Gasteiger partial charge < -0.3 is 14.6 Å². The number of alkyl halides is 5. The van der Waals surface area contributed by atoms with Gasteiger partial charge in [0.25, 0.3) is 0 Å². The molecule has 0 aromatic carbocycles. The number of aliphatic hydroxyl groups is 1. The molecule has 3 aliphatic carbocycles. The van der Waals surface area contributed by atoms with Crippen LogP contribution in [0.2, 0.25) is 0 Å². The van der Waals surface area contributed by atoms with Gasteiger partial charge >= 0.3 is 23.9 Å². The van der Waals surface area contributed by atoms with Gasteiger partial charge in [0.1, 0.15) is 0 Å². The van der Waals surface area contributed by atoms with Gasteiger partial charge in [-0.3, -0.25) is 4.79 Å². The molecule has 1 saturated heterocycles. The molecule has 0 radical (unpaired) electrons. The number of esters is 1. The van der Waals surface area contributed by atoms with Gasteiger partial charge in [-0.2, -0.15) is 22.0 Å². The molecule has 4 fully saturated rings. The predicted molar refractivity (Wildman–Crippen MR) is 76.9 cm³/mol. The molecule has 26 heavy (non-hydrogen) atoms. The van der Waals surface area contributed by atoms with Crippen LogP contribution < -0.4 is 0 Å². The van der Waals surface area contributed by atoms with Crippen molar-refractivity contribution in [2.75, 3.05) is 6.61 Å². The zero-order chi connectivity index (χ0) is 18.9. The molecule has 9 heteroatoms. The fourth-order valence-electron chi connectivity index (χ4n) is 5.73. The Bertz CT molecular complexity index is 594. The van der Waals surface area contributed by atoms with E-state index in [1.807, 2.05) is 0 Å². The maximum absolute atomic E-state index is 14.1. The smallest absolute Gasteiger partial charge is 0.449 e. The second-order valence-corrected chi connectivity index (χ2v) is 8.12. The molecular formula is C17H21F5O4. The Labute approximate surface area is 147 Å². The van der Waals surface area contributed by atoms with Crippen molar-refractivity contribution in [3.63, 3.8) is 0 Å². The second-order valence-electron chi connectivity index (χ2n) is 8.12. The molecule has 7 unspecified atom stereocenters. The first kappa shape index (κ1) is 18.4. The number of halogens is 5. The molecule has 4 rings (SSSR count). The monoisotopic (exact) mass is 384 g/mol. The van der Waals surface area contributed by atoms with Crippen LogP contribution in [0.4, 0.5) is 22.0 Å². The lowest BCUT2D eigenvalue weighted by Crippen LogP contribution is -2.59. The van der Waals surface area contributed by atoms with Crippen molar-refractivity contribution < 1.29 is 41.3 Å². The van der Waals surface area contributed by atoms with Crippen LogP contribution in [0.3, 0.4) is 0 Å². The number of carbonyl (C=O) groups excluding carboxylic acids is 1. The van der Waals surface area contributed by atoms with Crippen molar-refractivity contribution in [1.82, 2.24) is 0 Å². The van der Waals surface area contributed by atoms with Gasteiger partial charge in [0, 0.05) is 0 Å². The number of ether oxygens (including phenoxy) is 2. The number of carbonyl (C=O) groups is 1. The fraction of sp³-hybridized carbons (Fsp3) is 0.941. The highest BCUT2D eigenvalue weighted by molar-refractivity contribution is 5.74. The average molecular weight is 384 g/mol. The Hall–Kier alpha value is -0.960. The summed E-state index contributed by atoms with van der Waals surface area (Å²) in [7, 11) is 0. The largest absolute Gasteiger partial charge is 0.453 e. The van der Waals surface area contributed by atoms with Crippen LogP contribution in [-0.4, -0.2) is 41.7 Å². The van der Waals surface area contributed by atoms with Gasteiger partial charge in [-0.1, -0.05) is 12.8 Å². The lowest BCUT2D eigenvalue weighted by atomic mass is 9.67. The van der Waals surface area contributed by atoms with Crippen LogP contribution in [0.15, 0.2) is 0 Å². The molecule has 1 aliphatic heterocycles. The molecular weight excluding hydrogens is 363 g/mol. The number of fused-ring (bicyclic) bond motifs is 5. The minimum absolute atomic E-state index is 0.0650. The Balaban J connectivity index is 1.45. The summed E-state index contributed by atoms with van der Waals surface area (Å²) in [6.07, 6.45) is -2.35. The molecule has 1 heterocycles. The topological polar surface area (TPSA) is 55.8 Å². The van der Waals surface area contributed by atoms with Crippen LogP contribution in [0.1, 0.15) is 38.5 Å². The van der Waals surface area contributed by atoms with Crippen LogP contribution in [0.25, 0.3) is 0 Å². The van der Waals surface area contributed by atoms with E-state index in [1.54, 1.807) is 0 Å². The van der Waals surface area contributed by atoms with E-state index in [9.17, 15) is 31.9 Å². The minimum atomic E-state index is -5.70. The third-order valence-corrected chi connectivity index (χ3v) is 6.92. The summed E-state index contributed by atoms with van der Waals surface area (Å²) in [5, 5.41) is 9.28. The van der Waals surface area contributed by atoms with Gasteiger partial charge in [0.15, 0.2) is 6.10 Å². The highest BCUT2D eigenvalue weighted by atomic mass is 19.4. The Morgan fingerprint density at radius 2 is 1.73 bits per heavy atom. The zero-order valence-electron chi connectivity index (χ0n) is 14.0. The third kappa shape index (κ3) is 2.42. The number of hydrogen-bond acceptors (Lipinski definition) is 4. The van der Waals surface area contributed by atoms with Crippen LogP contribution in [-0.2, 0) is 14.3 Å². The highest BCUT2D eigenvalue weighted by Gasteiger charge is 2.78. The molecule has 0 aromatic rings. The predicted octanol–water partition coefficient (Wildman–Crippen LogP) is 3.28. The number of hydrogen-bond donors (Lipinski definition) is 1.